The summed E-state index contributed by atoms with van der Waals surface area (Å²) in [6.45, 7) is 3.38. The molecule has 5 nitrogen and oxygen atoms in total. The third kappa shape index (κ3) is 6.86. The van der Waals surface area contributed by atoms with Crippen LogP contribution in [0.4, 0.5) is 0 Å². The molecule has 0 atom stereocenters. The van der Waals surface area contributed by atoms with Gasteiger partial charge in [-0.15, -0.1) is 29.7 Å². The second kappa shape index (κ2) is 15.3. The van der Waals surface area contributed by atoms with E-state index in [1.165, 1.54) is 12.3 Å². The number of aromatic nitrogens is 4. The predicted molar refractivity (Wildman–Crippen MR) is 234 cm³/mol. The molecule has 0 amide bonds. The zero-order valence-electron chi connectivity index (χ0n) is 44.9. The molecule has 0 saturated heterocycles. The van der Waals surface area contributed by atoms with Crippen molar-refractivity contribution in [3.8, 4) is 50.9 Å². The largest absolute Gasteiger partial charge is 0.510 e. The normalized spacial score (nSPS) is 14.9. The number of pyridine rings is 1. The molecule has 0 saturated carbocycles. The second-order valence-electron chi connectivity index (χ2n) is 14.7. The van der Waals surface area contributed by atoms with E-state index in [4.69, 9.17) is 22.6 Å². The Balaban J connectivity index is 0.00000640. The van der Waals surface area contributed by atoms with Crippen LogP contribution in [0.1, 0.15) is 49.7 Å². The van der Waals surface area contributed by atoms with Crippen LogP contribution in [-0.4, -0.2) is 14.1 Å². The van der Waals surface area contributed by atoms with Crippen molar-refractivity contribution in [3.05, 3.63) is 199 Å². The van der Waals surface area contributed by atoms with E-state index in [2.05, 4.69) is 23.4 Å². The molecule has 59 heavy (non-hydrogen) atoms. The van der Waals surface area contributed by atoms with Crippen molar-refractivity contribution in [2.45, 2.75) is 33.0 Å². The van der Waals surface area contributed by atoms with E-state index in [0.717, 1.165) is 27.4 Å². The average Bonchev–Trinajstić information content (AvgIpc) is 3.89. The van der Waals surface area contributed by atoms with Gasteiger partial charge >= 0.3 is 0 Å². The number of fused-ring (bicyclic) bond motifs is 4. The maximum absolute atomic E-state index is 8.93. The van der Waals surface area contributed by atoms with Gasteiger partial charge in [0.05, 0.1) is 30.4 Å². The van der Waals surface area contributed by atoms with Crippen molar-refractivity contribution in [2.24, 2.45) is 0 Å². The van der Waals surface area contributed by atoms with Gasteiger partial charge in [-0.1, -0.05) is 147 Å². The molecule has 3 aromatic heterocycles. The smallest absolute Gasteiger partial charge is 0.268 e. The minimum atomic E-state index is -2.76. The third-order valence-corrected chi connectivity index (χ3v) is 10.0. The van der Waals surface area contributed by atoms with E-state index in [9.17, 15) is 0 Å². The van der Waals surface area contributed by atoms with Crippen LogP contribution in [0.2, 0.25) is 0 Å². The molecule has 3 heterocycles. The Morgan fingerprint density at radius 3 is 2.19 bits per heavy atom. The van der Waals surface area contributed by atoms with Crippen molar-refractivity contribution in [2.75, 3.05) is 0 Å². The first kappa shape index (κ1) is 25.7. The van der Waals surface area contributed by atoms with E-state index < -0.39 is 60.6 Å². The number of hydrogen-bond acceptors (Lipinski definition) is 2. The molecule has 0 fully saturated rings. The number of imidazole rings is 1. The molecule has 0 unspecified atom stereocenters. The Hall–Kier alpha value is -6.55. The number of hydrogen-bond donors (Lipinski definition) is 0. The summed E-state index contributed by atoms with van der Waals surface area (Å²) in [6, 6.07) is 32.9. The molecule has 6 heteroatoms. The number of benzene rings is 7. The minimum absolute atomic E-state index is 0. The van der Waals surface area contributed by atoms with Crippen molar-refractivity contribution in [1.82, 2.24) is 14.1 Å². The van der Waals surface area contributed by atoms with Crippen LogP contribution < -0.4 is 9.30 Å². The molecule has 7 aromatic carbocycles. The summed E-state index contributed by atoms with van der Waals surface area (Å²) in [6.07, 6.45) is 4.82. The van der Waals surface area contributed by atoms with Crippen LogP contribution in [-0.2, 0) is 26.5 Å². The number of aryl methyl sites for hydroxylation is 1. The number of para-hydroxylation sites is 4. The van der Waals surface area contributed by atoms with Gasteiger partial charge in [0.25, 0.3) is 6.33 Å². The Labute approximate surface area is 377 Å². The SMILES string of the molecule is [2H]c1c([2H])c([2H])c(-c2cnc(-n3c4[c-]c(Oc5[c-]c(-n6[c-][n+](-c7c(-c8c([2H])c([2H])c([2H])c([2H])c8[2H])cccc7C(C)(C)C)c7ccccc76)ccc5)ccc4c4ccccc43)c(C([2H])([2H])[2H])c2)c([2H])c1[2H].[Pt]. The van der Waals surface area contributed by atoms with Crippen LogP contribution >= 0.6 is 0 Å². The van der Waals surface area contributed by atoms with E-state index in [-0.39, 0.29) is 67.0 Å². The fourth-order valence-electron chi connectivity index (χ4n) is 7.45. The van der Waals surface area contributed by atoms with Gasteiger partial charge in [-0.25, -0.2) is 4.98 Å². The molecule has 0 aliphatic heterocycles. The first-order valence-corrected chi connectivity index (χ1v) is 18.6. The molecular weight excluding hydrogens is 904 g/mol. The van der Waals surface area contributed by atoms with Gasteiger partial charge in [0.15, 0.2) is 0 Å². The van der Waals surface area contributed by atoms with Gasteiger partial charge in [0.2, 0.25) is 0 Å². The van der Waals surface area contributed by atoms with Crippen LogP contribution in [0, 0.1) is 25.3 Å². The predicted octanol–water partition coefficient (Wildman–Crippen LogP) is 12.5. The van der Waals surface area contributed by atoms with Crippen LogP contribution in [0.3, 0.4) is 0 Å². The summed E-state index contributed by atoms with van der Waals surface area (Å²) in [5, 5.41) is 1.49. The monoisotopic (exact) mass is 956 g/mol. The summed E-state index contributed by atoms with van der Waals surface area (Å²) in [5.74, 6) is 0.595. The van der Waals surface area contributed by atoms with Crippen LogP contribution in [0.15, 0.2) is 170 Å². The maximum Gasteiger partial charge on any atom is 0.268 e. The Morgan fingerprint density at radius 2 is 1.41 bits per heavy atom. The maximum atomic E-state index is 8.93. The Kier molecular flexibility index (Phi) is 6.68. The Bertz CT molecular complexity index is 3800. The van der Waals surface area contributed by atoms with Gasteiger partial charge in [0.1, 0.15) is 5.82 Å². The van der Waals surface area contributed by atoms with E-state index >= 15 is 0 Å². The summed E-state index contributed by atoms with van der Waals surface area (Å²) < 4.78 is 122. The summed E-state index contributed by atoms with van der Waals surface area (Å²) in [7, 11) is 0. The number of ether oxygens (including phenoxy) is 1. The molecule has 0 N–H and O–H groups in total. The van der Waals surface area contributed by atoms with Crippen molar-refractivity contribution in [3.63, 3.8) is 0 Å². The van der Waals surface area contributed by atoms with Gasteiger partial charge in [-0.05, 0) is 63.3 Å². The van der Waals surface area contributed by atoms with E-state index in [0.29, 0.717) is 33.7 Å². The standard InChI is InChI=1S/C53H40N4O.Pt/c1-36-31-39(37-17-7-5-8-18-37)34-54-52(36)57-47-26-12-11-23-44(47)45-30-29-42(33-50(45)57)58-41-22-15-21-40(32-41)55-35-56(49-28-14-13-27-48(49)55)51-43(38-19-9-6-10-20-38)24-16-25-46(51)53(2,3)4;/h5-31,34H,1-4H3;/q-2;/i1D3,5D,6D,7D,8D,9D,10D,17D,18D,19D,20D;. The molecule has 290 valence electrons. The molecule has 10 aromatic rings. The van der Waals surface area contributed by atoms with E-state index in [1.54, 1.807) is 28.8 Å². The first-order chi connectivity index (χ1) is 33.7. The number of nitrogens with zero attached hydrogens (tertiary/aromatic N) is 4. The first-order valence-electron chi connectivity index (χ1n) is 25.1. The molecule has 10 rings (SSSR count). The second-order valence-corrected chi connectivity index (χ2v) is 14.7. The molecule has 0 spiro atoms. The average molecular weight is 957 g/mol. The summed E-state index contributed by atoms with van der Waals surface area (Å²) in [5.41, 5.74) is 4.18. The van der Waals surface area contributed by atoms with Gasteiger partial charge in [-0.3, -0.25) is 4.57 Å². The molecule has 0 aliphatic rings. The fraction of sp³-hybridized carbons (Fsp3) is 0.0943. The Morgan fingerprint density at radius 1 is 0.695 bits per heavy atom. The van der Waals surface area contributed by atoms with Gasteiger partial charge < -0.3 is 13.9 Å². The zero-order valence-corrected chi connectivity index (χ0v) is 34.2. The quantitative estimate of drug-likeness (QED) is 0.118. The van der Waals surface area contributed by atoms with Crippen molar-refractivity contribution in [1.29, 1.82) is 0 Å². The minimum Gasteiger partial charge on any atom is -0.510 e. The van der Waals surface area contributed by atoms with Crippen LogP contribution in [0.5, 0.6) is 11.5 Å². The topological polar surface area (TPSA) is 35.9 Å². The molecular formula is C53H40N4OPt-2. The van der Waals surface area contributed by atoms with Crippen LogP contribution in [0.25, 0.3) is 72.3 Å². The zero-order chi connectivity index (χ0) is 50.6. The third-order valence-electron chi connectivity index (χ3n) is 10.0. The number of rotatable bonds is 7. The summed E-state index contributed by atoms with van der Waals surface area (Å²) >= 11 is 0. The summed E-state index contributed by atoms with van der Waals surface area (Å²) in [4.78, 5) is 4.65. The van der Waals surface area contributed by atoms with Crippen molar-refractivity contribution >= 4 is 32.8 Å². The van der Waals surface area contributed by atoms with Crippen molar-refractivity contribution < 1.29 is 48.2 Å². The molecule has 0 bridgehead atoms. The molecule has 0 aliphatic carbocycles. The fourth-order valence-corrected chi connectivity index (χ4v) is 7.45. The van der Waals surface area contributed by atoms with Gasteiger partial charge in [-0.2, -0.15) is 18.2 Å². The van der Waals surface area contributed by atoms with E-state index in [1.807, 2.05) is 103 Å². The van der Waals surface area contributed by atoms with Gasteiger partial charge in [0, 0.05) is 54.0 Å². The molecule has 0 radical (unpaired) electrons.